The van der Waals surface area contributed by atoms with Crippen LogP contribution in [0, 0.1) is 0 Å². The number of carbonyl (C=O) groups is 1. The number of hydroxylamine groups is 3. The minimum absolute atomic E-state index is 0. The number of hydrogen-bond acceptors (Lipinski definition) is 2. The van der Waals surface area contributed by atoms with Crippen LogP contribution >= 0.6 is 0 Å². The second-order valence-electron chi connectivity index (χ2n) is 4.19. The van der Waals surface area contributed by atoms with Crippen molar-refractivity contribution in [1.82, 2.24) is 0 Å². The Morgan fingerprint density at radius 2 is 1.93 bits per heavy atom. The summed E-state index contributed by atoms with van der Waals surface area (Å²) < 4.78 is 0.413. The van der Waals surface area contributed by atoms with E-state index < -0.39 is 6.10 Å². The monoisotopic (exact) mass is 279 g/mol. The van der Waals surface area contributed by atoms with E-state index in [4.69, 9.17) is 4.84 Å². The number of hydrogen-bond donors (Lipinski definition) is 0. The maximum absolute atomic E-state index is 11.5. The molecule has 0 aliphatic heterocycles. The van der Waals surface area contributed by atoms with Crippen molar-refractivity contribution < 1.29 is 31.3 Å². The zero-order valence-electron chi connectivity index (χ0n) is 10.3. The summed E-state index contributed by atoms with van der Waals surface area (Å²) in [5, 5.41) is 0. The number of nitrogens with zero attached hydrogens (tertiary/aromatic N) is 1. The molecule has 1 atom stereocenters. The van der Waals surface area contributed by atoms with Crippen LogP contribution < -0.4 is 17.0 Å². The molecule has 0 radical (unpaired) electrons. The summed E-state index contributed by atoms with van der Waals surface area (Å²) in [6.45, 7) is 10.1. The zero-order valence-corrected chi connectivity index (χ0v) is 11.9. The molecular weight excluding hydrogens is 258 g/mol. The third kappa shape index (κ3) is 6.82. The molecule has 0 N–H and O–H groups in total. The summed E-state index contributed by atoms with van der Waals surface area (Å²) >= 11 is 0. The van der Waals surface area contributed by atoms with Gasteiger partial charge in [0, 0.05) is 0 Å². The van der Waals surface area contributed by atoms with Gasteiger partial charge in [0.15, 0.2) is 11.9 Å². The molecule has 0 heterocycles. The first kappa shape index (κ1) is 17.2. The summed E-state index contributed by atoms with van der Waals surface area (Å²) in [5.74, 6) is -0.0210. The Labute approximate surface area is 103 Å². The van der Waals surface area contributed by atoms with E-state index in [0.29, 0.717) is 10.2 Å². The number of rotatable bonds is 6. The van der Waals surface area contributed by atoms with Gasteiger partial charge in [-0.3, -0.25) is 4.79 Å². The Hall–Kier alpha value is -0.190. The van der Waals surface area contributed by atoms with Crippen molar-refractivity contribution >= 4 is 5.78 Å². The predicted octanol–water partition coefficient (Wildman–Crippen LogP) is -1.06. The van der Waals surface area contributed by atoms with E-state index in [1.165, 1.54) is 0 Å². The first-order valence-corrected chi connectivity index (χ1v) is 5.01. The zero-order chi connectivity index (χ0) is 11.4. The minimum Gasteiger partial charge on any atom is -1.00 e. The molecule has 0 amide bonds. The van der Waals surface area contributed by atoms with Crippen LogP contribution in [-0.4, -0.2) is 37.2 Å². The fourth-order valence-electron chi connectivity index (χ4n) is 1.41. The molecule has 90 valence electrons. The van der Waals surface area contributed by atoms with Crippen molar-refractivity contribution in [3.63, 3.8) is 0 Å². The quantitative estimate of drug-likeness (QED) is 0.352. The number of carbonyl (C=O) groups excluding carboxylic acids is 1. The molecule has 1 unspecified atom stereocenters. The highest BCUT2D eigenvalue weighted by atomic mass is 79.9. The molecular formula is C11H22BrNO2. The Morgan fingerprint density at radius 1 is 1.47 bits per heavy atom. The molecule has 15 heavy (non-hydrogen) atoms. The van der Waals surface area contributed by atoms with Gasteiger partial charge in [-0.15, -0.1) is 0 Å². The van der Waals surface area contributed by atoms with E-state index in [0.717, 1.165) is 13.0 Å². The molecule has 3 nitrogen and oxygen atoms in total. The second-order valence-corrected chi connectivity index (χ2v) is 4.19. The van der Waals surface area contributed by atoms with Crippen molar-refractivity contribution in [3.05, 3.63) is 12.2 Å². The first-order valence-electron chi connectivity index (χ1n) is 5.01. The van der Waals surface area contributed by atoms with E-state index in [9.17, 15) is 4.79 Å². The lowest BCUT2D eigenvalue weighted by Crippen LogP contribution is -3.00. The predicted molar refractivity (Wildman–Crippen MR) is 57.6 cm³/mol. The molecule has 0 rings (SSSR count). The van der Waals surface area contributed by atoms with E-state index in [-0.39, 0.29) is 22.8 Å². The maximum atomic E-state index is 11.5. The minimum atomic E-state index is -0.408. The summed E-state index contributed by atoms with van der Waals surface area (Å²) in [4.78, 5) is 17.1. The summed E-state index contributed by atoms with van der Waals surface area (Å²) in [5.41, 5.74) is 0.550. The van der Waals surface area contributed by atoms with Crippen LogP contribution in [0.25, 0.3) is 0 Å². The topological polar surface area (TPSA) is 26.3 Å². The van der Waals surface area contributed by atoms with Gasteiger partial charge in [0.1, 0.15) is 6.54 Å². The third-order valence-corrected chi connectivity index (χ3v) is 2.00. The smallest absolute Gasteiger partial charge is 0.192 e. The average molecular weight is 280 g/mol. The maximum Gasteiger partial charge on any atom is 0.192 e. The van der Waals surface area contributed by atoms with E-state index in [2.05, 4.69) is 13.5 Å². The van der Waals surface area contributed by atoms with Gasteiger partial charge < -0.3 is 17.0 Å². The van der Waals surface area contributed by atoms with Gasteiger partial charge >= 0.3 is 0 Å². The fraction of sp³-hybridized carbons (Fsp3) is 0.727. The number of quaternary nitrogens is 1. The number of halogens is 1. The molecule has 0 saturated heterocycles. The van der Waals surface area contributed by atoms with Crippen molar-refractivity contribution in [2.24, 2.45) is 0 Å². The lowest BCUT2D eigenvalue weighted by molar-refractivity contribution is -1.08. The van der Waals surface area contributed by atoms with Crippen LogP contribution in [0.1, 0.15) is 27.2 Å². The highest BCUT2D eigenvalue weighted by Gasteiger charge is 2.24. The van der Waals surface area contributed by atoms with Crippen molar-refractivity contribution in [2.45, 2.75) is 33.3 Å². The van der Waals surface area contributed by atoms with Crippen LogP contribution in [-0.2, 0) is 9.63 Å². The van der Waals surface area contributed by atoms with Gasteiger partial charge in [-0.2, -0.15) is 9.48 Å². The van der Waals surface area contributed by atoms with Gasteiger partial charge in [-0.05, 0) is 25.8 Å². The number of Topliss-reactive ketones (excluding diaryl/α,β-unsaturated/α-hetero) is 1. The molecule has 0 aromatic heterocycles. The van der Waals surface area contributed by atoms with Gasteiger partial charge in [0.25, 0.3) is 0 Å². The fourth-order valence-corrected chi connectivity index (χ4v) is 1.41. The third-order valence-electron chi connectivity index (χ3n) is 2.00. The SMILES string of the molecule is C=C(C)C(=O)C(C)O[N+](C)(C)CCC.[Br-]. The van der Waals surface area contributed by atoms with Gasteiger partial charge in [0.2, 0.25) is 0 Å². The standard InChI is InChI=1S/C11H22NO2.BrH/c1-7-8-12(5,6)14-10(4)11(13)9(2)3;/h10H,2,7-8H2,1,3-6H3;1H/q+1;/p-1. The Kier molecular flexibility index (Phi) is 8.20. The Balaban J connectivity index is 0. The van der Waals surface area contributed by atoms with Crippen LogP contribution in [0.3, 0.4) is 0 Å². The van der Waals surface area contributed by atoms with E-state index in [1.54, 1.807) is 13.8 Å². The van der Waals surface area contributed by atoms with Gasteiger partial charge in [-0.25, -0.2) is 0 Å². The summed E-state index contributed by atoms with van der Waals surface area (Å²) in [6, 6.07) is 0. The van der Waals surface area contributed by atoms with E-state index >= 15 is 0 Å². The summed E-state index contributed by atoms with van der Waals surface area (Å²) in [6.07, 6.45) is 0.620. The lowest BCUT2D eigenvalue weighted by atomic mass is 10.1. The Bertz CT molecular complexity index is 227. The van der Waals surface area contributed by atoms with Crippen molar-refractivity contribution in [2.75, 3.05) is 20.6 Å². The second kappa shape index (κ2) is 7.14. The van der Waals surface area contributed by atoms with Gasteiger partial charge in [-0.1, -0.05) is 13.5 Å². The molecule has 4 heteroatoms. The molecule has 0 aromatic carbocycles. The number of ketones is 1. The van der Waals surface area contributed by atoms with Crippen LogP contribution in [0.2, 0.25) is 0 Å². The molecule has 0 bridgehead atoms. The van der Waals surface area contributed by atoms with Crippen molar-refractivity contribution in [1.29, 1.82) is 0 Å². The van der Waals surface area contributed by atoms with Crippen LogP contribution in [0.4, 0.5) is 0 Å². The molecule has 0 spiro atoms. The van der Waals surface area contributed by atoms with Crippen LogP contribution in [0.15, 0.2) is 12.2 Å². The normalized spacial score (nSPS) is 12.9. The summed E-state index contributed by atoms with van der Waals surface area (Å²) in [7, 11) is 3.90. The molecule has 0 aliphatic carbocycles. The molecule has 0 aliphatic rings. The average Bonchev–Trinajstić information content (AvgIpc) is 2.01. The largest absolute Gasteiger partial charge is 1.00 e. The van der Waals surface area contributed by atoms with Crippen LogP contribution in [0.5, 0.6) is 0 Å². The van der Waals surface area contributed by atoms with Crippen molar-refractivity contribution in [3.8, 4) is 0 Å². The highest BCUT2D eigenvalue weighted by Crippen LogP contribution is 2.08. The molecule has 0 aromatic rings. The first-order chi connectivity index (χ1) is 6.30. The van der Waals surface area contributed by atoms with E-state index in [1.807, 2.05) is 14.1 Å². The Morgan fingerprint density at radius 3 is 2.27 bits per heavy atom. The molecule has 0 saturated carbocycles. The van der Waals surface area contributed by atoms with Gasteiger partial charge in [0.05, 0.1) is 14.1 Å². The lowest BCUT2D eigenvalue weighted by Gasteiger charge is -2.29. The molecule has 0 fully saturated rings. The highest BCUT2D eigenvalue weighted by molar-refractivity contribution is 5.97.